The molecule has 0 bridgehead atoms. The molecule has 11 heteroatoms. The van der Waals surface area contributed by atoms with Crippen LogP contribution in [0.2, 0.25) is 5.02 Å². The number of nitrogens with zero attached hydrogens (tertiary/aromatic N) is 2. The second-order valence-corrected chi connectivity index (χ2v) is 11.0. The van der Waals surface area contributed by atoms with E-state index in [0.717, 1.165) is 49.0 Å². The molecule has 1 atom stereocenters. The summed E-state index contributed by atoms with van der Waals surface area (Å²) in [5.41, 5.74) is 3.46. The van der Waals surface area contributed by atoms with Crippen LogP contribution in [0.1, 0.15) is 66.0 Å². The maximum atomic E-state index is 13.1. The van der Waals surface area contributed by atoms with Crippen molar-refractivity contribution in [3.05, 3.63) is 117 Å². The fourth-order valence-electron chi connectivity index (χ4n) is 4.61. The van der Waals surface area contributed by atoms with Crippen molar-refractivity contribution in [2.45, 2.75) is 51.5 Å². The number of aromatic nitrogens is 2. The van der Waals surface area contributed by atoms with Gasteiger partial charge < -0.3 is 19.8 Å². The number of unbranched alkanes of at least 4 members (excludes halogenated alkanes) is 2. The van der Waals surface area contributed by atoms with E-state index in [9.17, 15) is 19.7 Å². The Morgan fingerprint density at radius 2 is 1.64 bits per heavy atom. The van der Waals surface area contributed by atoms with Gasteiger partial charge in [-0.3, -0.25) is 14.9 Å². The lowest BCUT2D eigenvalue weighted by Crippen LogP contribution is -2.31. The molecule has 2 N–H and O–H groups in total. The number of carbonyl (C=O) groups is 2. The summed E-state index contributed by atoms with van der Waals surface area (Å²) in [4.78, 5) is 44.0. The molecule has 3 aromatic carbocycles. The Kier molecular flexibility index (Phi) is 12.7. The lowest BCUT2D eigenvalue weighted by Gasteiger charge is -2.19. The van der Waals surface area contributed by atoms with Gasteiger partial charge in [0.05, 0.1) is 41.4 Å². The highest BCUT2D eigenvalue weighted by molar-refractivity contribution is 6.30. The number of H-pyrrole nitrogens is 1. The van der Waals surface area contributed by atoms with E-state index in [1.807, 2.05) is 0 Å². The Morgan fingerprint density at radius 3 is 2.33 bits per heavy atom. The number of hydrogen-bond acceptors (Lipinski definition) is 7. The quantitative estimate of drug-likeness (QED) is 0.0551. The van der Waals surface area contributed by atoms with E-state index in [-0.39, 0.29) is 18.0 Å². The molecule has 0 aliphatic rings. The predicted molar refractivity (Wildman–Crippen MR) is 172 cm³/mol. The molecule has 45 heavy (non-hydrogen) atoms. The van der Waals surface area contributed by atoms with Crippen molar-refractivity contribution in [1.29, 1.82) is 0 Å². The van der Waals surface area contributed by atoms with Gasteiger partial charge in [0, 0.05) is 42.4 Å². The minimum Gasteiger partial charge on any atom is -0.462 e. The molecule has 0 fully saturated rings. The number of esters is 1. The molecule has 1 unspecified atom stereocenters. The van der Waals surface area contributed by atoms with E-state index in [4.69, 9.17) is 21.1 Å². The molecule has 4 rings (SSSR count). The van der Waals surface area contributed by atoms with Gasteiger partial charge in [-0.25, -0.2) is 9.78 Å². The zero-order valence-corrected chi connectivity index (χ0v) is 25.9. The first-order valence-electron chi connectivity index (χ1n) is 15.0. The van der Waals surface area contributed by atoms with Crippen LogP contribution in [0, 0.1) is 10.1 Å². The zero-order valence-electron chi connectivity index (χ0n) is 25.2. The summed E-state index contributed by atoms with van der Waals surface area (Å²) in [6.45, 7) is 3.85. The Labute approximate surface area is 267 Å². The van der Waals surface area contributed by atoms with Crippen LogP contribution >= 0.6 is 11.6 Å². The summed E-state index contributed by atoms with van der Waals surface area (Å²) in [5, 5.41) is 14.7. The standard InChI is InChI=1S/C34H37ClN4O6/c1-2-3-18-44-19-4-5-20-45-34(41)27-10-8-25(9-11-27)30(38-33(40)21-24-6-14-28(35)15-7-24)22-32-36-23-31(37-32)26-12-16-29(17-13-26)39(42)43/h6-17,23,30H,2-5,18-22H2,1H3,(H,36,37)(H,38,40). The first kappa shape index (κ1) is 33.4. The molecular formula is C34H37ClN4O6. The van der Waals surface area contributed by atoms with Crippen molar-refractivity contribution in [3.63, 3.8) is 0 Å². The summed E-state index contributed by atoms with van der Waals surface area (Å²) in [6, 6.07) is 19.8. The van der Waals surface area contributed by atoms with Gasteiger partial charge in [0.15, 0.2) is 0 Å². The highest BCUT2D eigenvalue weighted by Gasteiger charge is 2.19. The number of hydrogen-bond donors (Lipinski definition) is 2. The Balaban J connectivity index is 1.42. The van der Waals surface area contributed by atoms with Gasteiger partial charge in [0.2, 0.25) is 5.91 Å². The van der Waals surface area contributed by atoms with Gasteiger partial charge >= 0.3 is 5.97 Å². The minimum absolute atomic E-state index is 0.00156. The maximum absolute atomic E-state index is 13.1. The van der Waals surface area contributed by atoms with Crippen LogP contribution in [0.25, 0.3) is 11.3 Å². The summed E-state index contributed by atoms with van der Waals surface area (Å²) < 4.78 is 11.0. The van der Waals surface area contributed by atoms with E-state index < -0.39 is 16.9 Å². The Bertz CT molecular complexity index is 1540. The Morgan fingerprint density at radius 1 is 0.956 bits per heavy atom. The summed E-state index contributed by atoms with van der Waals surface area (Å²) >= 11 is 5.99. The molecule has 0 radical (unpaired) electrons. The van der Waals surface area contributed by atoms with Crippen molar-refractivity contribution < 1.29 is 24.0 Å². The topological polar surface area (TPSA) is 136 Å². The van der Waals surface area contributed by atoms with Crippen molar-refractivity contribution in [1.82, 2.24) is 15.3 Å². The maximum Gasteiger partial charge on any atom is 0.338 e. The fourth-order valence-corrected chi connectivity index (χ4v) is 4.73. The second-order valence-electron chi connectivity index (χ2n) is 10.6. The van der Waals surface area contributed by atoms with Crippen LogP contribution in [0.3, 0.4) is 0 Å². The average Bonchev–Trinajstić information content (AvgIpc) is 3.51. The highest BCUT2D eigenvalue weighted by Crippen LogP contribution is 2.24. The summed E-state index contributed by atoms with van der Waals surface area (Å²) in [7, 11) is 0. The predicted octanol–water partition coefficient (Wildman–Crippen LogP) is 7.03. The molecule has 0 aliphatic heterocycles. The summed E-state index contributed by atoms with van der Waals surface area (Å²) in [5.74, 6) is 0.0180. The van der Waals surface area contributed by atoms with Gasteiger partial charge in [0.25, 0.3) is 5.69 Å². The number of carbonyl (C=O) groups excluding carboxylic acids is 2. The summed E-state index contributed by atoms with van der Waals surface area (Å²) in [6.07, 6.45) is 5.84. The molecule has 236 valence electrons. The first-order valence-corrected chi connectivity index (χ1v) is 15.4. The first-order chi connectivity index (χ1) is 21.8. The molecule has 0 saturated carbocycles. The third kappa shape index (κ3) is 10.5. The number of aromatic amines is 1. The van der Waals surface area contributed by atoms with Crippen molar-refractivity contribution in [3.8, 4) is 11.3 Å². The van der Waals surface area contributed by atoms with Crippen LogP contribution in [-0.2, 0) is 27.1 Å². The SMILES string of the molecule is CCCCOCCCCOC(=O)c1ccc(C(Cc2ncc(-c3ccc([N+](=O)[O-])cc3)[nH]2)NC(=O)Cc2ccc(Cl)cc2)cc1. The highest BCUT2D eigenvalue weighted by atomic mass is 35.5. The molecule has 0 saturated heterocycles. The number of nitro benzene ring substituents is 1. The van der Waals surface area contributed by atoms with E-state index in [2.05, 4.69) is 22.2 Å². The normalized spacial score (nSPS) is 11.6. The molecule has 0 aliphatic carbocycles. The third-order valence-electron chi connectivity index (χ3n) is 7.14. The van der Waals surface area contributed by atoms with E-state index in [1.165, 1.54) is 12.1 Å². The Hall–Kier alpha value is -4.54. The fraction of sp³-hybridized carbons (Fsp3) is 0.324. The van der Waals surface area contributed by atoms with Crippen molar-refractivity contribution in [2.24, 2.45) is 0 Å². The van der Waals surface area contributed by atoms with Crippen molar-refractivity contribution in [2.75, 3.05) is 19.8 Å². The molecule has 0 spiro atoms. The number of nitrogens with one attached hydrogen (secondary N) is 2. The lowest BCUT2D eigenvalue weighted by atomic mass is 10.0. The smallest absolute Gasteiger partial charge is 0.338 e. The second kappa shape index (κ2) is 17.1. The number of benzene rings is 3. The number of ether oxygens (including phenoxy) is 2. The number of amides is 1. The monoisotopic (exact) mass is 632 g/mol. The van der Waals surface area contributed by atoms with Gasteiger partial charge in [-0.05, 0) is 66.8 Å². The molecule has 1 heterocycles. The molecule has 1 aromatic heterocycles. The van der Waals surface area contributed by atoms with Gasteiger partial charge in [-0.15, -0.1) is 0 Å². The number of halogens is 1. The largest absolute Gasteiger partial charge is 0.462 e. The van der Waals surface area contributed by atoms with Gasteiger partial charge in [-0.1, -0.05) is 49.2 Å². The number of nitro groups is 1. The van der Waals surface area contributed by atoms with Gasteiger partial charge in [0.1, 0.15) is 5.82 Å². The average molecular weight is 633 g/mol. The van der Waals surface area contributed by atoms with Crippen LogP contribution in [0.5, 0.6) is 0 Å². The zero-order chi connectivity index (χ0) is 32.0. The van der Waals surface area contributed by atoms with E-state index >= 15 is 0 Å². The number of rotatable bonds is 17. The molecule has 1 amide bonds. The molecule has 10 nitrogen and oxygen atoms in total. The van der Waals surface area contributed by atoms with Gasteiger partial charge in [-0.2, -0.15) is 0 Å². The van der Waals surface area contributed by atoms with Crippen LogP contribution < -0.4 is 5.32 Å². The third-order valence-corrected chi connectivity index (χ3v) is 7.39. The molecule has 4 aromatic rings. The minimum atomic E-state index is -0.460. The van der Waals surface area contributed by atoms with E-state index in [0.29, 0.717) is 41.7 Å². The van der Waals surface area contributed by atoms with E-state index in [1.54, 1.807) is 66.9 Å². The van der Waals surface area contributed by atoms with Crippen molar-refractivity contribution >= 4 is 29.2 Å². The van der Waals surface area contributed by atoms with Crippen LogP contribution in [-0.4, -0.2) is 46.6 Å². The molecular weight excluding hydrogens is 596 g/mol. The lowest BCUT2D eigenvalue weighted by molar-refractivity contribution is -0.384. The van der Waals surface area contributed by atoms with Crippen LogP contribution in [0.4, 0.5) is 5.69 Å². The van der Waals surface area contributed by atoms with Crippen LogP contribution in [0.15, 0.2) is 79.0 Å². The number of non-ortho nitro benzene ring substituents is 1. The number of imidazole rings is 1.